The summed E-state index contributed by atoms with van der Waals surface area (Å²) in [4.78, 5) is 98.6. The largest absolute Gasteiger partial charge is 0.481 e. The van der Waals surface area contributed by atoms with Gasteiger partial charge in [-0.1, -0.05) is 53.2 Å². The minimum absolute atomic E-state index is 0.0497. The Hall–Kier alpha value is -5.10. The van der Waals surface area contributed by atoms with E-state index in [0.29, 0.717) is 23.5 Å². The number of amides is 5. The number of carbonyl (C=O) groups excluding carboxylic acids is 6. The number of nitrogens with one attached hydrogen (secondary N) is 4. The Kier molecular flexibility index (Phi) is 19.1. The van der Waals surface area contributed by atoms with E-state index < -0.39 is 71.1 Å². The standard InChI is InChI=1S/C45H69N7O10S/c1-13-27(4)37(50-42(59)45(10)19-14-20-51(45)11)40(56)52(12)34(26(2)3)23-35(61-29(6)53)39-49-33(25-63-39)38(55)48-32(21-28(5)41(57)58)22-30-15-17-31(18-16-30)47-36(54)24-46-43(60)62-44(7,8)9/h15-18,25-28,32,34-35,37H,13-14,19-24H2,1-12H3,(H,46,60)(H,47,54)(H,48,55)(H,50,59)(H,57,58)/t27?,28-,32+,34+,35+,37-,45+/m0/s1. The molecule has 0 spiro atoms. The van der Waals surface area contributed by atoms with E-state index in [1.807, 2.05) is 46.6 Å². The predicted octanol–water partition coefficient (Wildman–Crippen LogP) is 5.55. The van der Waals surface area contributed by atoms with Gasteiger partial charge in [-0.2, -0.15) is 0 Å². The first-order chi connectivity index (χ1) is 29.3. The summed E-state index contributed by atoms with van der Waals surface area (Å²) in [5.74, 6) is -4.11. The van der Waals surface area contributed by atoms with Crippen LogP contribution >= 0.6 is 11.3 Å². The van der Waals surface area contributed by atoms with Gasteiger partial charge in [0.05, 0.1) is 11.5 Å². The van der Waals surface area contributed by atoms with Gasteiger partial charge in [-0.25, -0.2) is 9.78 Å². The number of benzene rings is 1. The third-order valence-corrected chi connectivity index (χ3v) is 12.5. The number of carboxylic acid groups (broad SMARTS) is 1. The van der Waals surface area contributed by atoms with E-state index in [1.54, 1.807) is 69.3 Å². The third kappa shape index (κ3) is 15.6. The average Bonchev–Trinajstić information content (AvgIpc) is 3.83. The van der Waals surface area contributed by atoms with Crippen molar-refractivity contribution in [3.05, 3.63) is 45.9 Å². The lowest BCUT2D eigenvalue weighted by molar-refractivity contribution is -0.149. The van der Waals surface area contributed by atoms with Gasteiger partial charge < -0.3 is 40.7 Å². The van der Waals surface area contributed by atoms with Crippen molar-refractivity contribution < 1.29 is 48.1 Å². The van der Waals surface area contributed by atoms with Gasteiger partial charge in [-0.3, -0.25) is 33.7 Å². The maximum Gasteiger partial charge on any atom is 0.408 e. The molecule has 63 heavy (non-hydrogen) atoms. The summed E-state index contributed by atoms with van der Waals surface area (Å²) >= 11 is 1.13. The summed E-state index contributed by atoms with van der Waals surface area (Å²) in [6.45, 7) is 18.2. The number of carbonyl (C=O) groups is 7. The Labute approximate surface area is 375 Å². The van der Waals surface area contributed by atoms with Gasteiger partial charge in [0.2, 0.25) is 17.7 Å². The van der Waals surface area contributed by atoms with Gasteiger partial charge in [-0.05, 0) is 96.5 Å². The monoisotopic (exact) mass is 899 g/mol. The number of likely N-dealkylation sites (tertiary alicyclic amines) is 1. The number of aliphatic carboxylic acids is 1. The molecule has 0 radical (unpaired) electrons. The highest BCUT2D eigenvalue weighted by Crippen LogP contribution is 2.32. The second-order valence-electron chi connectivity index (χ2n) is 18.3. The van der Waals surface area contributed by atoms with E-state index in [-0.39, 0.29) is 55.2 Å². The number of alkyl carbamates (subject to hydrolysis) is 1. The van der Waals surface area contributed by atoms with Gasteiger partial charge in [0, 0.05) is 43.5 Å². The van der Waals surface area contributed by atoms with E-state index in [0.717, 1.165) is 29.9 Å². The molecule has 0 saturated carbocycles. The first-order valence-corrected chi connectivity index (χ1v) is 22.5. The SMILES string of the molecule is CCC(C)[C@H](NC(=O)[C@@]1(C)CCCN1C)C(=O)N(C)[C@H](C[C@@H](OC(C)=O)c1nc(C(=O)N[C@@H](Cc2ccc(NC(=O)CNC(=O)OC(C)(C)C)cc2)C[C@H](C)C(=O)O)cs1)C(C)C. The van der Waals surface area contributed by atoms with Gasteiger partial charge >= 0.3 is 18.0 Å². The molecule has 5 amide bonds. The normalized spacial score (nSPS) is 18.2. The lowest BCUT2D eigenvalue weighted by atomic mass is 9.91. The molecule has 0 bridgehead atoms. The Balaban J connectivity index is 1.77. The van der Waals surface area contributed by atoms with Crippen LogP contribution in [0, 0.1) is 17.8 Å². The summed E-state index contributed by atoms with van der Waals surface area (Å²) in [6, 6.07) is 4.95. The van der Waals surface area contributed by atoms with Crippen LogP contribution < -0.4 is 21.3 Å². The summed E-state index contributed by atoms with van der Waals surface area (Å²) in [7, 11) is 3.61. The molecule has 1 aliphatic rings. The lowest BCUT2D eigenvalue weighted by Gasteiger charge is -2.38. The van der Waals surface area contributed by atoms with Gasteiger partial charge in [-0.15, -0.1) is 11.3 Å². The molecular weight excluding hydrogens is 831 g/mol. The number of esters is 1. The fourth-order valence-electron chi connectivity index (χ4n) is 7.44. The summed E-state index contributed by atoms with van der Waals surface area (Å²) < 4.78 is 10.9. The zero-order valence-electron chi connectivity index (χ0n) is 39.0. The van der Waals surface area contributed by atoms with E-state index in [2.05, 4.69) is 26.3 Å². The van der Waals surface area contributed by atoms with Crippen LogP contribution in [0.25, 0.3) is 0 Å². The third-order valence-electron chi connectivity index (χ3n) is 11.6. The number of nitrogens with zero attached hydrogens (tertiary/aromatic N) is 3. The molecule has 3 rings (SSSR count). The van der Waals surface area contributed by atoms with Crippen LogP contribution in [0.5, 0.6) is 0 Å². The van der Waals surface area contributed by atoms with Crippen molar-refractivity contribution in [2.75, 3.05) is 32.5 Å². The Morgan fingerprint density at radius 1 is 1.02 bits per heavy atom. The molecule has 1 unspecified atom stereocenters. The number of aromatic nitrogens is 1. The van der Waals surface area contributed by atoms with Crippen LogP contribution in [-0.2, 0) is 39.9 Å². The Bertz CT molecular complexity index is 1920. The van der Waals surface area contributed by atoms with Gasteiger partial charge in [0.1, 0.15) is 28.9 Å². The van der Waals surface area contributed by atoms with Crippen molar-refractivity contribution in [1.82, 2.24) is 30.7 Å². The van der Waals surface area contributed by atoms with Crippen LogP contribution in [0.15, 0.2) is 29.6 Å². The van der Waals surface area contributed by atoms with E-state index in [1.165, 1.54) is 6.92 Å². The smallest absolute Gasteiger partial charge is 0.408 e. The number of hydrogen-bond acceptors (Lipinski definition) is 12. The molecule has 7 atom stereocenters. The van der Waals surface area contributed by atoms with Crippen molar-refractivity contribution >= 4 is 58.7 Å². The summed E-state index contributed by atoms with van der Waals surface area (Å²) in [6.07, 6.45) is 1.14. The average molecular weight is 900 g/mol. The highest BCUT2D eigenvalue weighted by Gasteiger charge is 2.44. The van der Waals surface area contributed by atoms with Crippen molar-refractivity contribution in [3.63, 3.8) is 0 Å². The lowest BCUT2D eigenvalue weighted by Crippen LogP contribution is -2.60. The van der Waals surface area contributed by atoms with Crippen molar-refractivity contribution in [1.29, 1.82) is 0 Å². The second kappa shape index (κ2) is 23.0. The van der Waals surface area contributed by atoms with Crippen LogP contribution in [0.3, 0.4) is 0 Å². The first-order valence-electron chi connectivity index (χ1n) is 21.7. The number of hydrogen-bond donors (Lipinski definition) is 5. The minimum Gasteiger partial charge on any atom is -0.481 e. The maximum absolute atomic E-state index is 14.3. The molecule has 17 nitrogen and oxygen atoms in total. The quantitative estimate of drug-likeness (QED) is 0.0973. The molecular formula is C45H69N7O10S. The topological polar surface area (TPSA) is 226 Å². The minimum atomic E-state index is -1.02. The van der Waals surface area contributed by atoms with Crippen LogP contribution in [0.4, 0.5) is 10.5 Å². The molecule has 1 aromatic carbocycles. The van der Waals surface area contributed by atoms with Crippen molar-refractivity contribution in [2.24, 2.45) is 17.8 Å². The fraction of sp³-hybridized carbons (Fsp3) is 0.644. The molecule has 0 aliphatic carbocycles. The molecule has 18 heteroatoms. The Morgan fingerprint density at radius 3 is 2.21 bits per heavy atom. The van der Waals surface area contributed by atoms with Crippen LogP contribution in [0.1, 0.15) is 129 Å². The summed E-state index contributed by atoms with van der Waals surface area (Å²) in [5, 5.41) is 22.7. The molecule has 1 fully saturated rings. The van der Waals surface area contributed by atoms with E-state index in [9.17, 15) is 38.7 Å². The molecule has 2 heterocycles. The Morgan fingerprint density at radius 2 is 1.67 bits per heavy atom. The molecule has 5 N–H and O–H groups in total. The number of carboxylic acids is 1. The fourth-order valence-corrected chi connectivity index (χ4v) is 8.28. The predicted molar refractivity (Wildman–Crippen MR) is 240 cm³/mol. The van der Waals surface area contributed by atoms with E-state index in [4.69, 9.17) is 9.47 Å². The number of rotatable bonds is 21. The van der Waals surface area contributed by atoms with Crippen molar-refractivity contribution in [3.8, 4) is 0 Å². The molecule has 1 saturated heterocycles. The molecule has 350 valence electrons. The molecule has 1 aliphatic heterocycles. The van der Waals surface area contributed by atoms with E-state index >= 15 is 0 Å². The van der Waals surface area contributed by atoms with Crippen molar-refractivity contribution in [2.45, 2.75) is 143 Å². The van der Waals surface area contributed by atoms with Gasteiger partial charge in [0.25, 0.3) is 5.91 Å². The summed E-state index contributed by atoms with van der Waals surface area (Å²) in [5.41, 5.74) is -0.161. The number of anilines is 1. The maximum atomic E-state index is 14.3. The van der Waals surface area contributed by atoms with Crippen LogP contribution in [0.2, 0.25) is 0 Å². The number of likely N-dealkylation sites (N-methyl/N-ethyl adjacent to an activating group) is 2. The molecule has 1 aromatic heterocycles. The number of thiazole rings is 1. The first kappa shape index (κ1) is 52.2. The number of ether oxygens (including phenoxy) is 2. The zero-order chi connectivity index (χ0) is 47.4. The highest BCUT2D eigenvalue weighted by atomic mass is 32.1. The second-order valence-corrected chi connectivity index (χ2v) is 19.1. The zero-order valence-corrected chi connectivity index (χ0v) is 39.8. The highest BCUT2D eigenvalue weighted by molar-refractivity contribution is 7.09. The van der Waals surface area contributed by atoms with Gasteiger partial charge in [0.15, 0.2) is 6.10 Å². The molecule has 2 aromatic rings. The van der Waals surface area contributed by atoms with Crippen LogP contribution in [-0.4, -0.2) is 118 Å².